The fraction of sp³-hybridized carbons (Fsp3) is 0.500. The minimum absolute atomic E-state index is 0.000697. The topological polar surface area (TPSA) is 96.6 Å². The Hall–Kier alpha value is -3.03. The van der Waals surface area contributed by atoms with Gasteiger partial charge in [-0.1, -0.05) is 0 Å². The average Bonchev–Trinajstić information content (AvgIpc) is 3.22. The normalized spacial score (nSPS) is 16.2. The lowest BCUT2D eigenvalue weighted by Crippen LogP contribution is -2.40. The molecular formula is C22H30N4O4. The molecule has 1 unspecified atom stereocenters. The maximum atomic E-state index is 12.6. The molecule has 8 heteroatoms. The minimum atomic E-state index is -0.0416. The maximum absolute atomic E-state index is 12.6. The Balaban J connectivity index is 1.46. The van der Waals surface area contributed by atoms with Gasteiger partial charge in [-0.2, -0.15) is 5.10 Å². The van der Waals surface area contributed by atoms with Crippen LogP contribution in [0.15, 0.2) is 24.3 Å². The van der Waals surface area contributed by atoms with Crippen LogP contribution < -0.4 is 14.8 Å². The van der Waals surface area contributed by atoms with Crippen LogP contribution in [0.4, 0.5) is 0 Å². The number of likely N-dealkylation sites (tertiary alicyclic amines) is 1. The minimum Gasteiger partial charge on any atom is -0.497 e. The van der Waals surface area contributed by atoms with Crippen LogP contribution in [-0.4, -0.2) is 54.2 Å². The van der Waals surface area contributed by atoms with Crippen molar-refractivity contribution in [1.82, 2.24) is 20.4 Å². The van der Waals surface area contributed by atoms with Crippen LogP contribution in [0.25, 0.3) is 0 Å². The lowest BCUT2D eigenvalue weighted by atomic mass is 9.93. The van der Waals surface area contributed by atoms with E-state index in [0.29, 0.717) is 42.6 Å². The predicted molar refractivity (Wildman–Crippen MR) is 113 cm³/mol. The Morgan fingerprint density at radius 1 is 1.27 bits per heavy atom. The van der Waals surface area contributed by atoms with Crippen molar-refractivity contribution in [2.24, 2.45) is 5.92 Å². The average molecular weight is 415 g/mol. The molecule has 2 heterocycles. The fourth-order valence-electron chi connectivity index (χ4n) is 3.79. The van der Waals surface area contributed by atoms with Crippen LogP contribution in [0, 0.1) is 12.8 Å². The van der Waals surface area contributed by atoms with E-state index in [1.165, 1.54) is 0 Å². The number of benzene rings is 1. The summed E-state index contributed by atoms with van der Waals surface area (Å²) in [7, 11) is 3.20. The van der Waals surface area contributed by atoms with E-state index in [1.54, 1.807) is 26.4 Å². The van der Waals surface area contributed by atoms with Gasteiger partial charge in [0.15, 0.2) is 0 Å². The molecule has 2 aromatic rings. The predicted octanol–water partition coefficient (Wildman–Crippen LogP) is 2.68. The molecule has 1 aromatic heterocycles. The Bertz CT molecular complexity index is 880. The van der Waals surface area contributed by atoms with E-state index in [4.69, 9.17) is 9.47 Å². The summed E-state index contributed by atoms with van der Waals surface area (Å²) in [6.45, 7) is 3.69. The Labute approximate surface area is 176 Å². The van der Waals surface area contributed by atoms with Crippen LogP contribution in [-0.2, 0) is 11.3 Å². The summed E-state index contributed by atoms with van der Waals surface area (Å²) in [5.74, 6) is 1.68. The number of piperidine rings is 1. The number of hydrogen-bond acceptors (Lipinski definition) is 5. The van der Waals surface area contributed by atoms with Gasteiger partial charge in [-0.25, -0.2) is 0 Å². The number of rotatable bonds is 8. The number of aryl methyl sites for hydroxylation is 1. The number of nitrogens with one attached hydrogen (secondary N) is 2. The van der Waals surface area contributed by atoms with Gasteiger partial charge in [-0.15, -0.1) is 0 Å². The first-order chi connectivity index (χ1) is 14.5. The molecule has 0 radical (unpaired) electrons. The summed E-state index contributed by atoms with van der Waals surface area (Å²) in [6, 6.07) is 7.31. The fourth-order valence-corrected chi connectivity index (χ4v) is 3.79. The molecule has 2 amide bonds. The van der Waals surface area contributed by atoms with Crippen molar-refractivity contribution in [3.63, 3.8) is 0 Å². The number of carbonyl (C=O) groups is 2. The Morgan fingerprint density at radius 3 is 2.80 bits per heavy atom. The quantitative estimate of drug-likeness (QED) is 0.692. The number of methoxy groups -OCH3 is 2. The molecule has 1 aliphatic heterocycles. The number of hydrogen-bond donors (Lipinski definition) is 2. The van der Waals surface area contributed by atoms with Gasteiger partial charge in [-0.05, 0) is 50.3 Å². The number of carbonyl (C=O) groups excluding carboxylic acids is 2. The summed E-state index contributed by atoms with van der Waals surface area (Å²) < 4.78 is 10.6. The van der Waals surface area contributed by atoms with Gasteiger partial charge in [0.1, 0.15) is 17.2 Å². The first-order valence-corrected chi connectivity index (χ1v) is 10.3. The zero-order valence-electron chi connectivity index (χ0n) is 17.9. The Morgan fingerprint density at radius 2 is 2.10 bits per heavy atom. The molecule has 0 bridgehead atoms. The van der Waals surface area contributed by atoms with Gasteiger partial charge in [0.25, 0.3) is 5.91 Å². The van der Waals surface area contributed by atoms with Crippen LogP contribution in [0.1, 0.15) is 47.4 Å². The van der Waals surface area contributed by atoms with Gasteiger partial charge < -0.3 is 19.7 Å². The highest BCUT2D eigenvalue weighted by molar-refractivity contribution is 5.92. The molecule has 30 heavy (non-hydrogen) atoms. The second kappa shape index (κ2) is 10.1. The summed E-state index contributed by atoms with van der Waals surface area (Å²) in [4.78, 5) is 26.8. The van der Waals surface area contributed by atoms with E-state index in [1.807, 2.05) is 24.0 Å². The lowest BCUT2D eigenvalue weighted by Gasteiger charge is -2.32. The highest BCUT2D eigenvalue weighted by Gasteiger charge is 2.26. The van der Waals surface area contributed by atoms with Crippen molar-refractivity contribution in [1.29, 1.82) is 0 Å². The zero-order valence-corrected chi connectivity index (χ0v) is 17.9. The Kier molecular flexibility index (Phi) is 7.32. The second-order valence-corrected chi connectivity index (χ2v) is 7.69. The van der Waals surface area contributed by atoms with Gasteiger partial charge >= 0.3 is 0 Å². The van der Waals surface area contributed by atoms with Gasteiger partial charge in [0.05, 0.1) is 14.2 Å². The third kappa shape index (κ3) is 5.52. The van der Waals surface area contributed by atoms with E-state index < -0.39 is 0 Å². The van der Waals surface area contributed by atoms with E-state index in [9.17, 15) is 9.59 Å². The van der Waals surface area contributed by atoms with Crippen molar-refractivity contribution in [3.8, 4) is 11.5 Å². The number of nitrogens with zero attached hydrogens (tertiary/aromatic N) is 2. The largest absolute Gasteiger partial charge is 0.497 e. The molecule has 1 atom stereocenters. The highest BCUT2D eigenvalue weighted by atomic mass is 16.5. The van der Waals surface area contributed by atoms with Gasteiger partial charge in [-0.3, -0.25) is 14.7 Å². The number of amides is 2. The third-order valence-electron chi connectivity index (χ3n) is 5.48. The SMILES string of the molecule is COc1ccc(CNC(=O)CCC2CCCN(C(=O)c3cc(C)[nH]n3)C2)c(OC)c1. The molecule has 0 saturated carbocycles. The van der Waals surface area contributed by atoms with Gasteiger partial charge in [0.2, 0.25) is 5.91 Å². The molecular weight excluding hydrogens is 384 g/mol. The monoisotopic (exact) mass is 414 g/mol. The van der Waals surface area contributed by atoms with Crippen LogP contribution in [0.3, 0.4) is 0 Å². The van der Waals surface area contributed by atoms with Crippen LogP contribution >= 0.6 is 0 Å². The van der Waals surface area contributed by atoms with Gasteiger partial charge in [0, 0.05) is 43.4 Å². The molecule has 1 fully saturated rings. The van der Waals surface area contributed by atoms with Crippen molar-refractivity contribution in [3.05, 3.63) is 41.2 Å². The first-order valence-electron chi connectivity index (χ1n) is 10.3. The molecule has 8 nitrogen and oxygen atoms in total. The van der Waals surface area contributed by atoms with E-state index >= 15 is 0 Å². The van der Waals surface area contributed by atoms with E-state index in [-0.39, 0.29) is 11.8 Å². The maximum Gasteiger partial charge on any atom is 0.274 e. The number of H-pyrrole nitrogens is 1. The summed E-state index contributed by atoms with van der Waals surface area (Å²) in [5.41, 5.74) is 2.23. The zero-order chi connectivity index (χ0) is 21.5. The van der Waals surface area contributed by atoms with Crippen LogP contribution in [0.5, 0.6) is 11.5 Å². The standard InChI is InChI=1S/C22H30N4O4/c1-15-11-19(25-24-15)22(28)26-10-4-5-16(14-26)6-9-21(27)23-13-17-7-8-18(29-2)12-20(17)30-3/h7-8,11-12,16H,4-6,9-10,13-14H2,1-3H3,(H,23,27)(H,24,25). The molecule has 1 aromatic carbocycles. The lowest BCUT2D eigenvalue weighted by molar-refractivity contribution is -0.121. The number of aromatic amines is 1. The number of ether oxygens (including phenoxy) is 2. The first kappa shape index (κ1) is 21.7. The summed E-state index contributed by atoms with van der Waals surface area (Å²) in [5, 5.41) is 9.84. The molecule has 0 spiro atoms. The summed E-state index contributed by atoms with van der Waals surface area (Å²) in [6.07, 6.45) is 3.18. The van der Waals surface area contributed by atoms with Crippen molar-refractivity contribution >= 4 is 11.8 Å². The molecule has 1 aliphatic rings. The second-order valence-electron chi connectivity index (χ2n) is 7.69. The van der Waals surface area contributed by atoms with Crippen LogP contribution in [0.2, 0.25) is 0 Å². The summed E-state index contributed by atoms with van der Waals surface area (Å²) >= 11 is 0. The molecule has 2 N–H and O–H groups in total. The van der Waals surface area contributed by atoms with E-state index in [0.717, 1.165) is 37.1 Å². The van der Waals surface area contributed by atoms with Crippen molar-refractivity contribution < 1.29 is 19.1 Å². The third-order valence-corrected chi connectivity index (χ3v) is 5.48. The molecule has 3 rings (SSSR count). The highest BCUT2D eigenvalue weighted by Crippen LogP contribution is 2.25. The number of aromatic nitrogens is 2. The van der Waals surface area contributed by atoms with E-state index in [2.05, 4.69) is 15.5 Å². The molecule has 1 saturated heterocycles. The van der Waals surface area contributed by atoms with Crippen molar-refractivity contribution in [2.45, 2.75) is 39.2 Å². The smallest absolute Gasteiger partial charge is 0.274 e. The molecule has 0 aliphatic carbocycles. The van der Waals surface area contributed by atoms with Crippen molar-refractivity contribution in [2.75, 3.05) is 27.3 Å². The molecule has 162 valence electrons.